The summed E-state index contributed by atoms with van der Waals surface area (Å²) in [6.07, 6.45) is 0.691. The van der Waals surface area contributed by atoms with E-state index in [9.17, 15) is 4.79 Å². The molecule has 124 valence electrons. The monoisotopic (exact) mass is 327 g/mol. The molecular weight excluding hydrogens is 310 g/mol. The van der Waals surface area contributed by atoms with Crippen LogP contribution in [0.2, 0.25) is 0 Å². The third-order valence-corrected chi connectivity index (χ3v) is 3.96. The maximum atomic E-state index is 12.0. The molecule has 0 aliphatic carbocycles. The summed E-state index contributed by atoms with van der Waals surface area (Å²) in [4.78, 5) is 12.0. The van der Waals surface area contributed by atoms with Crippen molar-refractivity contribution in [2.75, 3.05) is 13.4 Å². The number of nitrogens with zero attached hydrogens (tertiary/aromatic N) is 1. The van der Waals surface area contributed by atoms with Crippen molar-refractivity contribution in [1.29, 1.82) is 0 Å². The van der Waals surface area contributed by atoms with E-state index in [1.165, 1.54) is 0 Å². The van der Waals surface area contributed by atoms with Gasteiger partial charge in [0, 0.05) is 12.6 Å². The minimum atomic E-state index is -0.335. The largest absolute Gasteiger partial charge is 0.493 e. The van der Waals surface area contributed by atoms with Crippen molar-refractivity contribution in [3.8, 4) is 17.2 Å². The molecule has 0 unspecified atom stereocenters. The van der Waals surface area contributed by atoms with E-state index in [2.05, 4.69) is 0 Å². The van der Waals surface area contributed by atoms with Gasteiger partial charge in [0.25, 0.3) is 0 Å². The predicted molar refractivity (Wildman–Crippen MR) is 87.9 cm³/mol. The van der Waals surface area contributed by atoms with Gasteiger partial charge in [0.2, 0.25) is 6.79 Å². The second kappa shape index (κ2) is 5.96. The Kier molecular flexibility index (Phi) is 3.65. The zero-order valence-corrected chi connectivity index (χ0v) is 13.3. The van der Waals surface area contributed by atoms with Gasteiger partial charge >= 0.3 is 5.76 Å². The first kappa shape index (κ1) is 14.7. The maximum Gasteiger partial charge on any atom is 0.419 e. The fourth-order valence-corrected chi connectivity index (χ4v) is 2.76. The lowest BCUT2D eigenvalue weighted by atomic mass is 10.2. The summed E-state index contributed by atoms with van der Waals surface area (Å²) in [6.45, 7) is 3.27. The molecule has 3 aromatic rings. The molecule has 0 bridgehead atoms. The van der Waals surface area contributed by atoms with Gasteiger partial charge in [-0.2, -0.15) is 0 Å². The van der Waals surface area contributed by atoms with Crippen LogP contribution in [0.15, 0.2) is 45.6 Å². The van der Waals surface area contributed by atoms with Crippen LogP contribution in [0, 0.1) is 6.92 Å². The molecule has 0 fully saturated rings. The lowest BCUT2D eigenvalue weighted by molar-refractivity contribution is 0.173. The quantitative estimate of drug-likeness (QED) is 0.674. The fourth-order valence-electron chi connectivity index (χ4n) is 2.76. The highest BCUT2D eigenvalue weighted by Crippen LogP contribution is 2.35. The minimum Gasteiger partial charge on any atom is -0.493 e. The molecular formula is C18H17NO5. The van der Waals surface area contributed by atoms with Crippen LogP contribution in [0.5, 0.6) is 17.2 Å². The van der Waals surface area contributed by atoms with Crippen LogP contribution in [-0.2, 0) is 6.54 Å². The molecule has 2 aromatic carbocycles. The molecule has 1 aliphatic heterocycles. The Hall–Kier alpha value is -2.89. The normalized spacial score (nSPS) is 12.7. The van der Waals surface area contributed by atoms with Gasteiger partial charge in [-0.05, 0) is 43.2 Å². The minimum absolute atomic E-state index is 0.245. The van der Waals surface area contributed by atoms with Crippen molar-refractivity contribution in [1.82, 2.24) is 4.57 Å². The van der Waals surface area contributed by atoms with Crippen LogP contribution in [0.25, 0.3) is 11.1 Å². The first-order valence-corrected chi connectivity index (χ1v) is 7.83. The molecule has 0 radical (unpaired) electrons. The topological polar surface area (TPSA) is 62.8 Å². The summed E-state index contributed by atoms with van der Waals surface area (Å²) in [5, 5.41) is 0. The number of hydrogen-bond donors (Lipinski definition) is 0. The van der Waals surface area contributed by atoms with Gasteiger partial charge < -0.3 is 18.6 Å². The third-order valence-electron chi connectivity index (χ3n) is 3.96. The molecule has 6 nitrogen and oxygen atoms in total. The van der Waals surface area contributed by atoms with Crippen LogP contribution < -0.4 is 20.0 Å². The Labute approximate surface area is 138 Å². The van der Waals surface area contributed by atoms with Crippen molar-refractivity contribution in [3.63, 3.8) is 0 Å². The van der Waals surface area contributed by atoms with E-state index in [-0.39, 0.29) is 12.5 Å². The Bertz CT molecular complexity index is 940. The highest BCUT2D eigenvalue weighted by molar-refractivity contribution is 5.73. The van der Waals surface area contributed by atoms with Crippen molar-refractivity contribution >= 4 is 11.1 Å². The van der Waals surface area contributed by atoms with Gasteiger partial charge in [-0.3, -0.25) is 4.57 Å². The average molecular weight is 327 g/mol. The molecule has 0 amide bonds. The number of ether oxygens (including phenoxy) is 3. The van der Waals surface area contributed by atoms with Crippen molar-refractivity contribution in [2.45, 2.75) is 19.9 Å². The standard InChI is InChI=1S/C18H17NO5/c1-12-3-5-15-14(9-12)19(18(20)24-15)7-2-8-21-13-4-6-16-17(10-13)23-11-22-16/h3-6,9-10H,2,7-8,11H2,1H3. The Balaban J connectivity index is 1.40. The maximum absolute atomic E-state index is 12.0. The van der Waals surface area contributed by atoms with Gasteiger partial charge in [0.15, 0.2) is 17.1 Å². The van der Waals surface area contributed by atoms with Crippen molar-refractivity contribution < 1.29 is 18.6 Å². The van der Waals surface area contributed by atoms with Gasteiger partial charge in [-0.1, -0.05) is 6.07 Å². The lowest BCUT2D eigenvalue weighted by Crippen LogP contribution is -2.15. The number of fused-ring (bicyclic) bond motifs is 2. The number of rotatable bonds is 5. The summed E-state index contributed by atoms with van der Waals surface area (Å²) in [7, 11) is 0. The van der Waals surface area contributed by atoms with E-state index >= 15 is 0 Å². The summed E-state index contributed by atoms with van der Waals surface area (Å²) in [5.41, 5.74) is 2.53. The SMILES string of the molecule is Cc1ccc2oc(=O)n(CCCOc3ccc4c(c3)OCO4)c2c1. The van der Waals surface area contributed by atoms with Crippen molar-refractivity contribution in [2.24, 2.45) is 0 Å². The van der Waals surface area contributed by atoms with Gasteiger partial charge in [0.1, 0.15) is 5.75 Å². The van der Waals surface area contributed by atoms with E-state index in [1.54, 1.807) is 4.57 Å². The number of benzene rings is 2. The summed E-state index contributed by atoms with van der Waals surface area (Å²) >= 11 is 0. The van der Waals surface area contributed by atoms with E-state index < -0.39 is 0 Å². The predicted octanol–water partition coefficient (Wildman–Crippen LogP) is 3.10. The van der Waals surface area contributed by atoms with E-state index in [0.717, 1.165) is 22.6 Å². The molecule has 6 heteroatoms. The zero-order chi connectivity index (χ0) is 16.5. The summed E-state index contributed by atoms with van der Waals surface area (Å²) in [5.74, 6) is 1.81. The lowest BCUT2D eigenvalue weighted by Gasteiger charge is -2.07. The molecule has 4 rings (SSSR count). The van der Waals surface area contributed by atoms with Crippen molar-refractivity contribution in [3.05, 3.63) is 52.5 Å². The number of hydrogen-bond acceptors (Lipinski definition) is 5. The fraction of sp³-hybridized carbons (Fsp3) is 0.278. The van der Waals surface area contributed by atoms with Crippen LogP contribution in [-0.4, -0.2) is 18.0 Å². The third kappa shape index (κ3) is 2.71. The molecule has 24 heavy (non-hydrogen) atoms. The zero-order valence-electron chi connectivity index (χ0n) is 13.3. The van der Waals surface area contributed by atoms with Gasteiger partial charge in [0.05, 0.1) is 12.1 Å². The van der Waals surface area contributed by atoms with E-state index in [4.69, 9.17) is 18.6 Å². The van der Waals surface area contributed by atoms with Crippen LogP contribution in [0.4, 0.5) is 0 Å². The van der Waals surface area contributed by atoms with E-state index in [1.807, 2.05) is 43.3 Å². The van der Waals surface area contributed by atoms with Crippen LogP contribution >= 0.6 is 0 Å². The average Bonchev–Trinajstić information content (AvgIpc) is 3.15. The van der Waals surface area contributed by atoms with Gasteiger partial charge in [-0.25, -0.2) is 4.79 Å². The first-order valence-electron chi connectivity index (χ1n) is 7.83. The van der Waals surface area contributed by atoms with Crippen LogP contribution in [0.1, 0.15) is 12.0 Å². The second-order valence-corrected chi connectivity index (χ2v) is 5.71. The Morgan fingerprint density at radius 3 is 2.92 bits per heavy atom. The first-order chi connectivity index (χ1) is 11.7. The smallest absolute Gasteiger partial charge is 0.419 e. The number of aromatic nitrogens is 1. The Morgan fingerprint density at radius 1 is 1.12 bits per heavy atom. The number of oxazole rings is 1. The van der Waals surface area contributed by atoms with Crippen LogP contribution in [0.3, 0.4) is 0 Å². The Morgan fingerprint density at radius 2 is 2.00 bits per heavy atom. The molecule has 2 heterocycles. The summed E-state index contributed by atoms with van der Waals surface area (Å²) in [6, 6.07) is 11.2. The number of aryl methyl sites for hydroxylation is 2. The molecule has 0 saturated carbocycles. The van der Waals surface area contributed by atoms with Gasteiger partial charge in [-0.15, -0.1) is 0 Å². The molecule has 1 aromatic heterocycles. The molecule has 0 saturated heterocycles. The highest BCUT2D eigenvalue weighted by Gasteiger charge is 2.14. The molecule has 0 spiro atoms. The molecule has 1 aliphatic rings. The molecule has 0 N–H and O–H groups in total. The van der Waals surface area contributed by atoms with E-state index in [0.29, 0.717) is 30.9 Å². The highest BCUT2D eigenvalue weighted by atomic mass is 16.7. The molecule has 0 atom stereocenters. The second-order valence-electron chi connectivity index (χ2n) is 5.71. The summed E-state index contributed by atoms with van der Waals surface area (Å²) < 4.78 is 23.2.